The number of hydrogen-bond donors (Lipinski definition) is 0. The van der Waals surface area contributed by atoms with E-state index in [1.54, 1.807) is 22.7 Å². The molecule has 0 bridgehead atoms. The van der Waals surface area contributed by atoms with Crippen molar-refractivity contribution in [1.29, 1.82) is 0 Å². The number of thiophene rings is 2. The van der Waals surface area contributed by atoms with Crippen LogP contribution in [0.3, 0.4) is 0 Å². The highest BCUT2D eigenvalue weighted by molar-refractivity contribution is 7.30. The Labute approximate surface area is 170 Å². The summed E-state index contributed by atoms with van der Waals surface area (Å²) in [4.78, 5) is 10.1. The van der Waals surface area contributed by atoms with Crippen LogP contribution in [0.4, 0.5) is 0 Å². The van der Waals surface area contributed by atoms with Crippen molar-refractivity contribution in [3.05, 3.63) is 30.1 Å². The molecule has 3 nitrogen and oxygen atoms in total. The molecule has 0 spiro atoms. The maximum absolute atomic E-state index is 5.96. The van der Waals surface area contributed by atoms with Crippen LogP contribution in [0.5, 0.6) is 5.06 Å². The van der Waals surface area contributed by atoms with E-state index in [1.165, 1.54) is 59.9 Å². The summed E-state index contributed by atoms with van der Waals surface area (Å²) >= 11 is 3.48. The van der Waals surface area contributed by atoms with Gasteiger partial charge in [0.05, 0.1) is 11.5 Å². The van der Waals surface area contributed by atoms with Gasteiger partial charge in [-0.25, -0.2) is 9.97 Å². The van der Waals surface area contributed by atoms with Crippen molar-refractivity contribution in [3.63, 3.8) is 0 Å². The van der Waals surface area contributed by atoms with Crippen LogP contribution in [0.15, 0.2) is 24.5 Å². The van der Waals surface area contributed by atoms with E-state index in [0.29, 0.717) is 0 Å². The second-order valence-electron chi connectivity index (χ2n) is 7.00. The quantitative estimate of drug-likeness (QED) is 0.294. The minimum absolute atomic E-state index is 0.821. The highest BCUT2D eigenvalue weighted by Gasteiger charge is 2.11. The fraction of sp³-hybridized carbons (Fsp3) is 0.545. The molecule has 0 aliphatic rings. The van der Waals surface area contributed by atoms with Gasteiger partial charge in [0.15, 0.2) is 10.9 Å². The third kappa shape index (κ3) is 6.01. The first-order valence-corrected chi connectivity index (χ1v) is 11.9. The van der Waals surface area contributed by atoms with Gasteiger partial charge in [-0.2, -0.15) is 0 Å². The van der Waals surface area contributed by atoms with Crippen LogP contribution < -0.4 is 4.74 Å². The van der Waals surface area contributed by atoms with Crippen molar-refractivity contribution in [3.8, 4) is 15.8 Å². The Morgan fingerprint density at radius 3 is 2.15 bits per heavy atom. The summed E-state index contributed by atoms with van der Waals surface area (Å²) < 4.78 is 8.50. The van der Waals surface area contributed by atoms with Crippen LogP contribution in [0.1, 0.15) is 70.8 Å². The third-order valence-corrected chi connectivity index (χ3v) is 6.96. The number of hydrogen-bond acceptors (Lipinski definition) is 5. The number of unbranched alkanes of at least 4 members (excludes halogenated alkanes) is 7. The van der Waals surface area contributed by atoms with Gasteiger partial charge in [0.1, 0.15) is 0 Å². The Hall–Kier alpha value is -1.46. The Bertz CT molecular complexity index is 776. The van der Waals surface area contributed by atoms with E-state index in [1.807, 2.05) is 12.4 Å². The summed E-state index contributed by atoms with van der Waals surface area (Å²) in [5.41, 5.74) is 1.17. The molecule has 5 heteroatoms. The van der Waals surface area contributed by atoms with Crippen molar-refractivity contribution in [2.75, 3.05) is 6.61 Å². The predicted molar refractivity (Wildman–Crippen MR) is 118 cm³/mol. The molecular formula is C22H30N2OS2. The number of rotatable bonds is 12. The van der Waals surface area contributed by atoms with Crippen LogP contribution in [0, 0.1) is 0 Å². The summed E-state index contributed by atoms with van der Waals surface area (Å²) in [6.07, 6.45) is 15.5. The lowest BCUT2D eigenvalue weighted by Gasteiger charge is -2.03. The van der Waals surface area contributed by atoms with E-state index < -0.39 is 0 Å². The normalized spacial score (nSPS) is 11.3. The maximum atomic E-state index is 5.96. The molecule has 0 aliphatic carbocycles. The summed E-state index contributed by atoms with van der Waals surface area (Å²) in [6.45, 7) is 5.22. The molecule has 27 heavy (non-hydrogen) atoms. The number of nitrogens with zero attached hydrogens (tertiary/aromatic N) is 2. The highest BCUT2D eigenvalue weighted by atomic mass is 32.1. The zero-order chi connectivity index (χ0) is 18.9. The smallest absolute Gasteiger partial charge is 0.175 e. The zero-order valence-corrected chi connectivity index (χ0v) is 18.1. The van der Waals surface area contributed by atoms with Gasteiger partial charge in [0.25, 0.3) is 0 Å². The standard InChI is InChI=1S/C22H30N2OS2/c1-3-5-6-7-8-9-10-11-12-25-21-14-19-18(27-21)13-20(26-19)22-23-15-17(4-2)16-24-22/h13-16H,3-12H2,1-2H3. The topological polar surface area (TPSA) is 35.0 Å². The molecule has 0 fully saturated rings. The third-order valence-electron chi connectivity index (χ3n) is 4.76. The van der Waals surface area contributed by atoms with E-state index in [9.17, 15) is 0 Å². The molecule has 3 aromatic heterocycles. The van der Waals surface area contributed by atoms with E-state index >= 15 is 0 Å². The average molecular weight is 403 g/mol. The molecule has 3 rings (SSSR count). The van der Waals surface area contributed by atoms with Crippen molar-refractivity contribution < 1.29 is 4.74 Å². The Balaban J connectivity index is 1.42. The van der Waals surface area contributed by atoms with E-state index in [2.05, 4.69) is 35.9 Å². The Morgan fingerprint density at radius 2 is 1.48 bits per heavy atom. The lowest BCUT2D eigenvalue weighted by atomic mass is 10.1. The first-order chi connectivity index (χ1) is 13.3. The fourth-order valence-electron chi connectivity index (χ4n) is 3.07. The first kappa shape index (κ1) is 20.3. The van der Waals surface area contributed by atoms with Gasteiger partial charge in [-0.15, -0.1) is 11.3 Å². The van der Waals surface area contributed by atoms with Crippen LogP contribution in [-0.4, -0.2) is 16.6 Å². The van der Waals surface area contributed by atoms with Gasteiger partial charge < -0.3 is 4.74 Å². The highest BCUT2D eigenvalue weighted by Crippen LogP contribution is 2.40. The monoisotopic (exact) mass is 402 g/mol. The first-order valence-electron chi connectivity index (χ1n) is 10.3. The zero-order valence-electron chi connectivity index (χ0n) is 16.5. The SMILES string of the molecule is CCCCCCCCCCOc1cc2sc(-c3ncc(CC)cn3)cc2s1. The molecule has 0 atom stereocenters. The minimum atomic E-state index is 0.821. The molecule has 0 aliphatic heterocycles. The average Bonchev–Trinajstić information content (AvgIpc) is 3.25. The minimum Gasteiger partial charge on any atom is -0.484 e. The molecule has 146 valence electrons. The van der Waals surface area contributed by atoms with Crippen molar-refractivity contribution in [2.45, 2.75) is 71.6 Å². The van der Waals surface area contributed by atoms with Crippen LogP contribution >= 0.6 is 22.7 Å². The molecule has 0 radical (unpaired) electrons. The second kappa shape index (κ2) is 10.8. The lowest BCUT2D eigenvalue weighted by Crippen LogP contribution is -1.95. The predicted octanol–water partition coefficient (Wildman–Crippen LogP) is 7.50. The number of ether oxygens (including phenoxy) is 1. The van der Waals surface area contributed by atoms with E-state index in [-0.39, 0.29) is 0 Å². The summed E-state index contributed by atoms with van der Waals surface area (Å²) in [5.74, 6) is 0.821. The largest absolute Gasteiger partial charge is 0.484 e. The maximum Gasteiger partial charge on any atom is 0.175 e. The number of fused-ring (bicyclic) bond motifs is 1. The van der Waals surface area contributed by atoms with Crippen molar-refractivity contribution in [1.82, 2.24) is 9.97 Å². The van der Waals surface area contributed by atoms with E-state index in [0.717, 1.165) is 35.2 Å². The van der Waals surface area contributed by atoms with Crippen LogP contribution in [-0.2, 0) is 6.42 Å². The van der Waals surface area contributed by atoms with Gasteiger partial charge in [-0.1, -0.05) is 70.1 Å². The molecule has 3 aromatic rings. The lowest BCUT2D eigenvalue weighted by molar-refractivity contribution is 0.313. The van der Waals surface area contributed by atoms with Gasteiger partial charge >= 0.3 is 0 Å². The summed E-state index contributed by atoms with van der Waals surface area (Å²) in [5, 5.41) is 1.04. The van der Waals surface area contributed by atoms with E-state index in [4.69, 9.17) is 4.74 Å². The molecule has 0 unspecified atom stereocenters. The van der Waals surface area contributed by atoms with Gasteiger partial charge in [-0.05, 0) is 24.5 Å². The molecule has 3 heterocycles. The Morgan fingerprint density at radius 1 is 0.815 bits per heavy atom. The van der Waals surface area contributed by atoms with Gasteiger partial charge in [0.2, 0.25) is 0 Å². The van der Waals surface area contributed by atoms with Crippen LogP contribution in [0.2, 0.25) is 0 Å². The number of aryl methyl sites for hydroxylation is 1. The molecule has 0 amide bonds. The van der Waals surface area contributed by atoms with Crippen LogP contribution in [0.25, 0.3) is 20.1 Å². The molecule has 0 saturated heterocycles. The van der Waals surface area contributed by atoms with Gasteiger partial charge in [0, 0.05) is 27.9 Å². The summed E-state index contributed by atoms with van der Waals surface area (Å²) in [6, 6.07) is 4.36. The molecule has 0 aromatic carbocycles. The second-order valence-corrected chi connectivity index (χ2v) is 9.13. The molecule has 0 saturated carbocycles. The fourth-order valence-corrected chi connectivity index (χ4v) is 5.28. The van der Waals surface area contributed by atoms with Gasteiger partial charge in [-0.3, -0.25) is 0 Å². The Kier molecular flexibility index (Phi) is 8.09. The molecule has 0 N–H and O–H groups in total. The molecular weight excluding hydrogens is 372 g/mol. The number of aromatic nitrogens is 2. The summed E-state index contributed by atoms with van der Waals surface area (Å²) in [7, 11) is 0. The van der Waals surface area contributed by atoms with Crippen molar-refractivity contribution in [2.24, 2.45) is 0 Å². The van der Waals surface area contributed by atoms with Crippen molar-refractivity contribution >= 4 is 32.1 Å².